The van der Waals surface area contributed by atoms with E-state index in [9.17, 15) is 24.5 Å². The highest BCUT2D eigenvalue weighted by Gasteiger charge is 2.44. The molecule has 1 unspecified atom stereocenters. The molecule has 0 saturated heterocycles. The summed E-state index contributed by atoms with van der Waals surface area (Å²) in [6.07, 6.45) is 1.69. The second-order valence-corrected chi connectivity index (χ2v) is 7.85. The molecule has 2 aliphatic rings. The summed E-state index contributed by atoms with van der Waals surface area (Å²) in [5.41, 5.74) is 0.141. The van der Waals surface area contributed by atoms with Crippen LogP contribution in [-0.4, -0.2) is 45.0 Å². The van der Waals surface area contributed by atoms with Crippen LogP contribution in [0.25, 0.3) is 0 Å². The van der Waals surface area contributed by atoms with Gasteiger partial charge in [-0.3, -0.25) is 29.4 Å². The largest absolute Gasteiger partial charge is 0.331 e. The minimum atomic E-state index is -0.814. The zero-order valence-corrected chi connectivity index (χ0v) is 16.8. The Hall–Kier alpha value is -3.26. The summed E-state index contributed by atoms with van der Waals surface area (Å²) in [7, 11) is 0. The lowest BCUT2D eigenvalue weighted by Gasteiger charge is -2.31. The first-order valence-corrected chi connectivity index (χ1v) is 9.87. The van der Waals surface area contributed by atoms with Crippen LogP contribution in [0.5, 0.6) is 0 Å². The maximum Gasteiger partial charge on any atom is 0.282 e. The van der Waals surface area contributed by atoms with Crippen molar-refractivity contribution in [1.29, 1.82) is 0 Å². The van der Waals surface area contributed by atoms with Gasteiger partial charge >= 0.3 is 0 Å². The molecule has 0 N–H and O–H groups in total. The molecule has 9 heteroatoms. The first kappa shape index (κ1) is 20.0. The maximum atomic E-state index is 13.1. The van der Waals surface area contributed by atoms with E-state index in [1.807, 2.05) is 19.1 Å². The summed E-state index contributed by atoms with van der Waals surface area (Å²) in [4.78, 5) is 51.6. The van der Waals surface area contributed by atoms with E-state index in [4.69, 9.17) is 11.6 Å². The highest BCUT2D eigenvalue weighted by Crippen LogP contribution is 2.36. The van der Waals surface area contributed by atoms with E-state index >= 15 is 0 Å². The van der Waals surface area contributed by atoms with E-state index in [0.29, 0.717) is 5.02 Å². The van der Waals surface area contributed by atoms with Gasteiger partial charge in [-0.25, -0.2) is 0 Å². The molecule has 2 aromatic rings. The van der Waals surface area contributed by atoms with Gasteiger partial charge in [0, 0.05) is 17.1 Å². The van der Waals surface area contributed by atoms with E-state index in [-0.39, 0.29) is 29.1 Å². The number of carbonyl (C=O) groups excluding carboxylic acids is 3. The van der Waals surface area contributed by atoms with Crippen LogP contribution in [0.4, 0.5) is 5.69 Å². The smallest absolute Gasteiger partial charge is 0.282 e. The molecule has 1 aliphatic carbocycles. The highest BCUT2D eigenvalue weighted by molar-refractivity contribution is 6.30. The molecule has 0 radical (unpaired) electrons. The number of benzene rings is 2. The van der Waals surface area contributed by atoms with Crippen LogP contribution in [0.15, 0.2) is 42.5 Å². The Bertz CT molecular complexity index is 1060. The predicted molar refractivity (Wildman–Crippen MR) is 108 cm³/mol. The van der Waals surface area contributed by atoms with Crippen molar-refractivity contribution in [2.75, 3.05) is 6.54 Å². The Morgan fingerprint density at radius 3 is 2.47 bits per heavy atom. The number of nitrogens with zero attached hydrogens (tertiary/aromatic N) is 3. The Kier molecular flexibility index (Phi) is 5.03. The molecule has 2 aromatic carbocycles. The molecule has 1 fully saturated rings. The van der Waals surface area contributed by atoms with Gasteiger partial charge in [-0.15, -0.1) is 0 Å². The van der Waals surface area contributed by atoms with E-state index in [2.05, 4.69) is 0 Å². The van der Waals surface area contributed by atoms with Crippen LogP contribution < -0.4 is 0 Å². The van der Waals surface area contributed by atoms with Gasteiger partial charge in [0.05, 0.1) is 16.5 Å². The summed E-state index contributed by atoms with van der Waals surface area (Å²) in [6.45, 7) is 1.42. The molecule has 4 rings (SSSR count). The molecule has 0 aromatic heterocycles. The SMILES string of the molecule is CC(c1ccc(Cl)cc1)N(C(=O)CN1C(=O)c2cccc([N+](=O)[O-])c2C1=O)C1CC1. The molecule has 3 amide bonds. The molecule has 30 heavy (non-hydrogen) atoms. The number of hydrogen-bond donors (Lipinski definition) is 0. The molecule has 1 heterocycles. The fraction of sp³-hybridized carbons (Fsp3) is 0.286. The van der Waals surface area contributed by atoms with E-state index in [1.54, 1.807) is 17.0 Å². The van der Waals surface area contributed by atoms with Gasteiger partial charge < -0.3 is 4.90 Å². The standard InChI is InChI=1S/C21H18ClN3O5/c1-12(13-5-7-14(22)8-6-13)24(15-9-10-15)18(26)11-23-20(27)16-3-2-4-17(25(29)30)19(16)21(23)28/h2-8,12,15H,9-11H2,1H3. The van der Waals surface area contributed by atoms with E-state index in [1.165, 1.54) is 18.2 Å². The molecule has 0 spiro atoms. The molecule has 1 aliphatic heterocycles. The number of amides is 3. The minimum absolute atomic E-state index is 0.0349. The fourth-order valence-corrected chi connectivity index (χ4v) is 3.94. The van der Waals surface area contributed by atoms with Crippen molar-refractivity contribution >= 4 is 35.0 Å². The summed E-state index contributed by atoms with van der Waals surface area (Å²) in [5.74, 6) is -1.88. The van der Waals surface area contributed by atoms with Gasteiger partial charge in [-0.05, 0) is 43.5 Å². The lowest BCUT2D eigenvalue weighted by Crippen LogP contribution is -2.44. The van der Waals surface area contributed by atoms with Crippen LogP contribution in [0.1, 0.15) is 52.1 Å². The van der Waals surface area contributed by atoms with Gasteiger partial charge in [-0.2, -0.15) is 0 Å². The van der Waals surface area contributed by atoms with Crippen LogP contribution >= 0.6 is 11.6 Å². The summed E-state index contributed by atoms with van der Waals surface area (Å²) in [6, 6.07) is 10.8. The number of nitro benzene ring substituents is 1. The normalized spacial score (nSPS) is 16.4. The second kappa shape index (κ2) is 7.53. The number of imide groups is 1. The Labute approximate surface area is 177 Å². The first-order valence-electron chi connectivity index (χ1n) is 9.50. The lowest BCUT2D eigenvalue weighted by molar-refractivity contribution is -0.385. The predicted octanol–water partition coefficient (Wildman–Crippen LogP) is 3.60. The zero-order chi connectivity index (χ0) is 21.6. The number of halogens is 1. The highest BCUT2D eigenvalue weighted by atomic mass is 35.5. The second-order valence-electron chi connectivity index (χ2n) is 7.41. The molecular formula is C21H18ClN3O5. The van der Waals surface area contributed by atoms with Crippen LogP contribution in [0.3, 0.4) is 0 Å². The molecule has 1 saturated carbocycles. The van der Waals surface area contributed by atoms with Crippen LogP contribution in [0.2, 0.25) is 5.02 Å². The van der Waals surface area contributed by atoms with Crippen molar-refractivity contribution in [2.45, 2.75) is 31.8 Å². The van der Waals surface area contributed by atoms with E-state index in [0.717, 1.165) is 23.3 Å². The Morgan fingerprint density at radius 1 is 1.20 bits per heavy atom. The van der Waals surface area contributed by atoms with Crippen molar-refractivity contribution in [3.05, 3.63) is 74.3 Å². The van der Waals surface area contributed by atoms with Gasteiger partial charge in [0.2, 0.25) is 5.91 Å². The quantitative estimate of drug-likeness (QED) is 0.398. The summed E-state index contributed by atoms with van der Waals surface area (Å²) >= 11 is 5.95. The molecule has 1 atom stereocenters. The third-order valence-electron chi connectivity index (χ3n) is 5.47. The monoisotopic (exact) mass is 427 g/mol. The Morgan fingerprint density at radius 2 is 1.87 bits per heavy atom. The zero-order valence-electron chi connectivity index (χ0n) is 16.1. The average Bonchev–Trinajstić information content (AvgIpc) is 3.52. The summed E-state index contributed by atoms with van der Waals surface area (Å²) < 4.78 is 0. The third kappa shape index (κ3) is 3.43. The van der Waals surface area contributed by atoms with Gasteiger partial charge in [-0.1, -0.05) is 29.8 Å². The average molecular weight is 428 g/mol. The number of hydrogen-bond acceptors (Lipinski definition) is 5. The Balaban J connectivity index is 1.58. The van der Waals surface area contributed by atoms with Crippen molar-refractivity contribution in [3.8, 4) is 0 Å². The van der Waals surface area contributed by atoms with Crippen LogP contribution in [-0.2, 0) is 4.79 Å². The van der Waals surface area contributed by atoms with Crippen molar-refractivity contribution < 1.29 is 19.3 Å². The molecule has 8 nitrogen and oxygen atoms in total. The minimum Gasteiger partial charge on any atom is -0.331 e. The third-order valence-corrected chi connectivity index (χ3v) is 5.72. The molecule has 154 valence electrons. The van der Waals surface area contributed by atoms with E-state index < -0.39 is 29.0 Å². The first-order chi connectivity index (χ1) is 14.3. The maximum absolute atomic E-state index is 13.1. The number of rotatable bonds is 6. The summed E-state index contributed by atoms with van der Waals surface area (Å²) in [5, 5.41) is 11.8. The number of fused-ring (bicyclic) bond motifs is 1. The topological polar surface area (TPSA) is 101 Å². The van der Waals surface area contributed by atoms with Gasteiger partial charge in [0.25, 0.3) is 17.5 Å². The van der Waals surface area contributed by atoms with Crippen LogP contribution in [0, 0.1) is 10.1 Å². The molecular weight excluding hydrogens is 410 g/mol. The van der Waals surface area contributed by atoms with Crippen molar-refractivity contribution in [3.63, 3.8) is 0 Å². The lowest BCUT2D eigenvalue weighted by atomic mass is 10.1. The van der Waals surface area contributed by atoms with Crippen molar-refractivity contribution in [1.82, 2.24) is 9.80 Å². The molecule has 0 bridgehead atoms. The van der Waals surface area contributed by atoms with Crippen molar-refractivity contribution in [2.24, 2.45) is 0 Å². The van der Waals surface area contributed by atoms with Gasteiger partial charge in [0.1, 0.15) is 12.1 Å². The number of carbonyl (C=O) groups is 3. The fourth-order valence-electron chi connectivity index (χ4n) is 3.82. The number of nitro groups is 1. The van der Waals surface area contributed by atoms with Gasteiger partial charge in [0.15, 0.2) is 0 Å².